The first kappa shape index (κ1) is 11.5. The summed E-state index contributed by atoms with van der Waals surface area (Å²) in [5.74, 6) is 0.180. The summed E-state index contributed by atoms with van der Waals surface area (Å²) in [6, 6.07) is 3.76. The van der Waals surface area contributed by atoms with Crippen molar-refractivity contribution < 1.29 is 4.39 Å². The van der Waals surface area contributed by atoms with Crippen LogP contribution in [0.5, 0.6) is 0 Å². The van der Waals surface area contributed by atoms with Gasteiger partial charge >= 0.3 is 0 Å². The van der Waals surface area contributed by atoms with Crippen LogP contribution >= 0.6 is 11.6 Å². The molecule has 1 rings (SSSR count). The molecule has 0 amide bonds. The van der Waals surface area contributed by atoms with Gasteiger partial charge in [-0.3, -0.25) is 0 Å². The van der Waals surface area contributed by atoms with E-state index >= 15 is 0 Å². The maximum Gasteiger partial charge on any atom is 0.145 e. The maximum absolute atomic E-state index is 13.7. The van der Waals surface area contributed by atoms with Gasteiger partial charge in [0.1, 0.15) is 5.82 Å². The summed E-state index contributed by atoms with van der Waals surface area (Å²) >= 11 is 5.96. The Kier molecular flexibility index (Phi) is 3.54. The molecule has 78 valence electrons. The Balaban J connectivity index is 3.26. The normalized spacial score (nSPS) is 11.4. The fraction of sp³-hybridized carbons (Fsp3) is 0.500. The molecule has 2 heteroatoms. The molecule has 0 atom stereocenters. The average molecular weight is 215 g/mol. The summed E-state index contributed by atoms with van der Waals surface area (Å²) in [6.07, 6.45) is 0. The van der Waals surface area contributed by atoms with Crippen molar-refractivity contribution >= 4 is 11.6 Å². The zero-order valence-corrected chi connectivity index (χ0v) is 9.82. The van der Waals surface area contributed by atoms with Gasteiger partial charge < -0.3 is 0 Å². The molecule has 1 aromatic carbocycles. The predicted molar refractivity (Wildman–Crippen MR) is 59.6 cm³/mol. The molecule has 0 heterocycles. The van der Waals surface area contributed by atoms with E-state index in [4.69, 9.17) is 11.6 Å². The second-order valence-electron chi connectivity index (χ2n) is 4.18. The first-order chi connectivity index (χ1) is 6.45. The summed E-state index contributed by atoms with van der Waals surface area (Å²) in [7, 11) is 0. The van der Waals surface area contributed by atoms with E-state index < -0.39 is 0 Å². The lowest BCUT2D eigenvalue weighted by molar-refractivity contribution is 0.594. The minimum absolute atomic E-state index is 0.175. The lowest BCUT2D eigenvalue weighted by Gasteiger charge is -2.13. The molecular formula is C12H16ClF. The molecular weight excluding hydrogens is 199 g/mol. The Hall–Kier alpha value is -0.560. The second-order valence-corrected chi connectivity index (χ2v) is 4.56. The van der Waals surface area contributed by atoms with Crippen molar-refractivity contribution in [2.24, 2.45) is 0 Å². The van der Waals surface area contributed by atoms with Gasteiger partial charge in [0.25, 0.3) is 0 Å². The first-order valence-electron chi connectivity index (χ1n) is 4.93. The summed E-state index contributed by atoms with van der Waals surface area (Å²) in [4.78, 5) is 0. The van der Waals surface area contributed by atoms with Crippen LogP contribution < -0.4 is 0 Å². The molecule has 0 aliphatic heterocycles. The van der Waals surface area contributed by atoms with Crippen LogP contribution in [0, 0.1) is 5.82 Å². The largest absolute Gasteiger partial charge is 0.205 e. The Labute approximate surface area is 90.1 Å². The van der Waals surface area contributed by atoms with Crippen molar-refractivity contribution in [3.05, 3.63) is 34.1 Å². The molecule has 0 spiro atoms. The molecule has 0 N–H and O–H groups in total. The van der Waals surface area contributed by atoms with Gasteiger partial charge in [-0.05, 0) is 23.0 Å². The van der Waals surface area contributed by atoms with E-state index in [0.717, 1.165) is 5.56 Å². The first-order valence-corrected chi connectivity index (χ1v) is 5.30. The fourth-order valence-electron chi connectivity index (χ4n) is 1.47. The van der Waals surface area contributed by atoms with Crippen LogP contribution in [-0.2, 0) is 0 Å². The summed E-state index contributed by atoms with van der Waals surface area (Å²) in [5, 5.41) is 0.284. The zero-order valence-electron chi connectivity index (χ0n) is 9.07. The number of hydrogen-bond acceptors (Lipinski definition) is 0. The number of benzene rings is 1. The van der Waals surface area contributed by atoms with E-state index in [0.29, 0.717) is 5.56 Å². The molecule has 0 saturated heterocycles. The number of hydrogen-bond donors (Lipinski definition) is 0. The number of rotatable bonds is 2. The van der Waals surface area contributed by atoms with Gasteiger partial charge in [-0.1, -0.05) is 51.4 Å². The highest BCUT2D eigenvalue weighted by atomic mass is 35.5. The summed E-state index contributed by atoms with van der Waals surface area (Å²) < 4.78 is 13.7. The van der Waals surface area contributed by atoms with Crippen LogP contribution in [-0.4, -0.2) is 0 Å². The molecule has 14 heavy (non-hydrogen) atoms. The van der Waals surface area contributed by atoms with Crippen LogP contribution in [0.1, 0.15) is 50.7 Å². The molecule has 0 unspecified atom stereocenters. The van der Waals surface area contributed by atoms with Gasteiger partial charge in [0.2, 0.25) is 0 Å². The minimum atomic E-state index is -0.257. The van der Waals surface area contributed by atoms with Crippen molar-refractivity contribution in [3.8, 4) is 0 Å². The Morgan fingerprint density at radius 2 is 1.43 bits per heavy atom. The molecule has 0 nitrogen and oxygen atoms in total. The maximum atomic E-state index is 13.7. The van der Waals surface area contributed by atoms with Crippen LogP contribution in [0.25, 0.3) is 0 Å². The molecule has 0 saturated carbocycles. The molecule has 0 radical (unpaired) electrons. The van der Waals surface area contributed by atoms with Gasteiger partial charge in [0, 0.05) is 0 Å². The molecule has 0 bridgehead atoms. The van der Waals surface area contributed by atoms with Gasteiger partial charge in [-0.25, -0.2) is 4.39 Å². The molecule has 0 aliphatic rings. The van der Waals surface area contributed by atoms with Gasteiger partial charge in [0.15, 0.2) is 0 Å². The Bertz CT molecular complexity index is 296. The molecule has 0 aromatic heterocycles. The van der Waals surface area contributed by atoms with Gasteiger partial charge in [-0.15, -0.1) is 0 Å². The van der Waals surface area contributed by atoms with E-state index in [-0.39, 0.29) is 22.7 Å². The Morgan fingerprint density at radius 3 is 1.86 bits per heavy atom. The monoisotopic (exact) mass is 214 g/mol. The minimum Gasteiger partial charge on any atom is -0.205 e. The topological polar surface area (TPSA) is 0 Å². The molecule has 0 fully saturated rings. The quantitative estimate of drug-likeness (QED) is 0.668. The SMILES string of the molecule is CC(C)c1ccc(C(C)C)c(Cl)c1F. The second kappa shape index (κ2) is 4.31. The lowest BCUT2D eigenvalue weighted by Crippen LogP contribution is -1.98. The van der Waals surface area contributed by atoms with Crippen LogP contribution in [0.4, 0.5) is 4.39 Å². The van der Waals surface area contributed by atoms with E-state index in [1.807, 2.05) is 39.8 Å². The summed E-state index contributed by atoms with van der Waals surface area (Å²) in [6.45, 7) is 7.94. The average Bonchev–Trinajstić information content (AvgIpc) is 2.08. The lowest BCUT2D eigenvalue weighted by atomic mass is 9.96. The van der Waals surface area contributed by atoms with Crippen molar-refractivity contribution in [1.29, 1.82) is 0 Å². The van der Waals surface area contributed by atoms with E-state index in [1.54, 1.807) is 0 Å². The van der Waals surface area contributed by atoms with E-state index in [9.17, 15) is 4.39 Å². The van der Waals surface area contributed by atoms with E-state index in [1.165, 1.54) is 0 Å². The zero-order chi connectivity index (χ0) is 10.9. The van der Waals surface area contributed by atoms with Crippen molar-refractivity contribution in [2.75, 3.05) is 0 Å². The van der Waals surface area contributed by atoms with Crippen LogP contribution in [0.3, 0.4) is 0 Å². The predicted octanol–water partition coefficient (Wildman–Crippen LogP) is 4.73. The van der Waals surface area contributed by atoms with Crippen LogP contribution in [0.2, 0.25) is 5.02 Å². The van der Waals surface area contributed by atoms with Crippen LogP contribution in [0.15, 0.2) is 12.1 Å². The van der Waals surface area contributed by atoms with Crippen molar-refractivity contribution in [2.45, 2.75) is 39.5 Å². The highest BCUT2D eigenvalue weighted by Crippen LogP contribution is 2.31. The standard InChI is InChI=1S/C12H16ClF/c1-7(2)9-5-6-10(8(3)4)12(14)11(9)13/h5-8H,1-4H3. The smallest absolute Gasteiger partial charge is 0.145 e. The third-order valence-electron chi connectivity index (χ3n) is 2.39. The number of halogens is 2. The Morgan fingerprint density at radius 1 is 1.00 bits per heavy atom. The fourth-order valence-corrected chi connectivity index (χ4v) is 1.86. The van der Waals surface area contributed by atoms with Crippen molar-refractivity contribution in [3.63, 3.8) is 0 Å². The van der Waals surface area contributed by atoms with Crippen molar-refractivity contribution in [1.82, 2.24) is 0 Å². The molecule has 1 aromatic rings. The third kappa shape index (κ3) is 2.09. The van der Waals surface area contributed by atoms with E-state index in [2.05, 4.69) is 0 Å². The van der Waals surface area contributed by atoms with Gasteiger partial charge in [0.05, 0.1) is 5.02 Å². The molecule has 0 aliphatic carbocycles. The van der Waals surface area contributed by atoms with Gasteiger partial charge in [-0.2, -0.15) is 0 Å². The third-order valence-corrected chi connectivity index (χ3v) is 2.77. The highest BCUT2D eigenvalue weighted by molar-refractivity contribution is 6.31. The highest BCUT2D eigenvalue weighted by Gasteiger charge is 2.15. The summed E-state index contributed by atoms with van der Waals surface area (Å²) in [5.41, 5.74) is 1.58.